The van der Waals surface area contributed by atoms with Gasteiger partial charge in [-0.3, -0.25) is 9.78 Å². The topological polar surface area (TPSA) is 90.1 Å². The highest BCUT2D eigenvalue weighted by molar-refractivity contribution is 6.00. The molecule has 0 aliphatic rings. The van der Waals surface area contributed by atoms with Crippen LogP contribution in [-0.2, 0) is 11.2 Å². The van der Waals surface area contributed by atoms with Crippen LogP contribution in [0.1, 0.15) is 12.3 Å². The summed E-state index contributed by atoms with van der Waals surface area (Å²) in [6.07, 6.45) is 2.32. The van der Waals surface area contributed by atoms with Gasteiger partial charge >= 0.3 is 0 Å². The number of rotatable bonds is 6. The monoisotopic (exact) mass is 374 g/mol. The first kappa shape index (κ1) is 17.7. The predicted octanol–water partition coefficient (Wildman–Crippen LogP) is 3.86. The van der Waals surface area contributed by atoms with Crippen LogP contribution in [0.15, 0.2) is 65.3 Å². The number of anilines is 1. The van der Waals surface area contributed by atoms with E-state index >= 15 is 0 Å². The van der Waals surface area contributed by atoms with Gasteiger partial charge in [0.2, 0.25) is 17.6 Å². The van der Waals surface area contributed by atoms with Crippen LogP contribution >= 0.6 is 0 Å². The van der Waals surface area contributed by atoms with E-state index in [1.165, 1.54) is 0 Å². The fraction of sp³-hybridized carbons (Fsp3) is 0.143. The minimum absolute atomic E-state index is 0.124. The lowest BCUT2D eigenvalue weighted by Crippen LogP contribution is -2.12. The van der Waals surface area contributed by atoms with Gasteiger partial charge in [0.25, 0.3) is 0 Å². The molecule has 4 aromatic rings. The number of methoxy groups -OCH3 is 1. The van der Waals surface area contributed by atoms with Crippen molar-refractivity contribution in [2.24, 2.45) is 0 Å². The van der Waals surface area contributed by atoms with Gasteiger partial charge in [-0.15, -0.1) is 0 Å². The van der Waals surface area contributed by atoms with Crippen LogP contribution in [-0.4, -0.2) is 28.1 Å². The molecule has 140 valence electrons. The standard InChI is InChI=1S/C21H18N4O3/c1-27-15-9-7-14(8-10-15)21-24-20(28-25-21)12-11-19(26)23-18-6-2-5-17-16(18)4-3-13-22-17/h2-10,13H,11-12H2,1H3,(H,23,26). The number of nitrogens with zero attached hydrogens (tertiary/aromatic N) is 3. The third kappa shape index (κ3) is 3.83. The van der Waals surface area contributed by atoms with E-state index in [9.17, 15) is 4.79 Å². The number of aryl methyl sites for hydroxylation is 1. The number of benzene rings is 2. The number of pyridine rings is 1. The van der Waals surface area contributed by atoms with E-state index in [0.29, 0.717) is 18.1 Å². The molecule has 1 amide bonds. The number of amides is 1. The zero-order valence-electron chi connectivity index (χ0n) is 15.3. The molecular formula is C21H18N4O3. The minimum atomic E-state index is -0.124. The zero-order chi connectivity index (χ0) is 19.3. The second-order valence-electron chi connectivity index (χ2n) is 6.16. The van der Waals surface area contributed by atoms with E-state index in [1.54, 1.807) is 13.3 Å². The Morgan fingerprint density at radius 3 is 2.79 bits per heavy atom. The molecule has 7 heteroatoms. The number of fused-ring (bicyclic) bond motifs is 1. The largest absolute Gasteiger partial charge is 0.497 e. The number of hydrogen-bond acceptors (Lipinski definition) is 6. The fourth-order valence-electron chi connectivity index (χ4n) is 2.86. The van der Waals surface area contributed by atoms with Crippen molar-refractivity contribution < 1.29 is 14.1 Å². The third-order valence-corrected chi connectivity index (χ3v) is 4.30. The van der Waals surface area contributed by atoms with Crippen LogP contribution in [0.25, 0.3) is 22.3 Å². The fourth-order valence-corrected chi connectivity index (χ4v) is 2.86. The molecule has 0 fully saturated rings. The summed E-state index contributed by atoms with van der Waals surface area (Å²) < 4.78 is 10.4. The van der Waals surface area contributed by atoms with Gasteiger partial charge in [0.05, 0.1) is 18.3 Å². The highest BCUT2D eigenvalue weighted by Gasteiger charge is 2.12. The van der Waals surface area contributed by atoms with Gasteiger partial charge in [-0.2, -0.15) is 4.98 Å². The van der Waals surface area contributed by atoms with Crippen LogP contribution in [0.4, 0.5) is 5.69 Å². The molecule has 7 nitrogen and oxygen atoms in total. The highest BCUT2D eigenvalue weighted by atomic mass is 16.5. The molecule has 0 bridgehead atoms. The SMILES string of the molecule is COc1ccc(-c2noc(CCC(=O)Nc3cccc4ncccc34)n2)cc1. The summed E-state index contributed by atoms with van der Waals surface area (Å²) in [5.74, 6) is 1.53. The second kappa shape index (κ2) is 7.87. The lowest BCUT2D eigenvalue weighted by molar-refractivity contribution is -0.116. The summed E-state index contributed by atoms with van der Waals surface area (Å²) in [7, 11) is 1.61. The Morgan fingerprint density at radius 1 is 1.11 bits per heavy atom. The van der Waals surface area contributed by atoms with Crippen molar-refractivity contribution >= 4 is 22.5 Å². The number of carbonyl (C=O) groups excluding carboxylic acids is 1. The van der Waals surface area contributed by atoms with Gasteiger partial charge in [-0.05, 0) is 48.5 Å². The third-order valence-electron chi connectivity index (χ3n) is 4.30. The molecule has 1 N–H and O–H groups in total. The number of hydrogen-bond donors (Lipinski definition) is 1. The zero-order valence-corrected chi connectivity index (χ0v) is 15.3. The first-order valence-electron chi connectivity index (χ1n) is 8.83. The van der Waals surface area contributed by atoms with Crippen molar-refractivity contribution in [2.75, 3.05) is 12.4 Å². The van der Waals surface area contributed by atoms with Crippen LogP contribution in [0.2, 0.25) is 0 Å². The van der Waals surface area contributed by atoms with E-state index in [0.717, 1.165) is 27.9 Å². The van der Waals surface area contributed by atoms with E-state index in [4.69, 9.17) is 9.26 Å². The molecule has 2 aromatic heterocycles. The average Bonchev–Trinajstić information content (AvgIpc) is 3.22. The van der Waals surface area contributed by atoms with Crippen LogP contribution in [0, 0.1) is 0 Å². The molecule has 2 aromatic carbocycles. The predicted molar refractivity (Wildman–Crippen MR) is 105 cm³/mol. The molecule has 0 saturated carbocycles. The first-order chi connectivity index (χ1) is 13.7. The molecule has 0 aliphatic heterocycles. The maximum atomic E-state index is 12.3. The van der Waals surface area contributed by atoms with Gasteiger partial charge in [0.15, 0.2) is 0 Å². The molecule has 0 unspecified atom stereocenters. The van der Waals surface area contributed by atoms with Crippen molar-refractivity contribution in [3.05, 3.63) is 66.7 Å². The number of aromatic nitrogens is 3. The smallest absolute Gasteiger partial charge is 0.227 e. The van der Waals surface area contributed by atoms with E-state index < -0.39 is 0 Å². The molecule has 0 spiro atoms. The Hall–Kier alpha value is -3.74. The van der Waals surface area contributed by atoms with Crippen LogP contribution in [0.3, 0.4) is 0 Å². The summed E-state index contributed by atoms with van der Waals surface area (Å²) >= 11 is 0. The Morgan fingerprint density at radius 2 is 1.96 bits per heavy atom. The lowest BCUT2D eigenvalue weighted by Gasteiger charge is -2.07. The Balaban J connectivity index is 1.39. The van der Waals surface area contributed by atoms with Crippen LogP contribution in [0.5, 0.6) is 5.75 Å². The summed E-state index contributed by atoms with van der Waals surface area (Å²) in [5, 5.41) is 7.80. The summed E-state index contributed by atoms with van der Waals surface area (Å²) in [6, 6.07) is 16.8. The quantitative estimate of drug-likeness (QED) is 0.551. The molecule has 2 heterocycles. The molecule has 0 radical (unpaired) electrons. The van der Waals surface area contributed by atoms with Gasteiger partial charge in [0.1, 0.15) is 5.75 Å². The molecule has 0 atom stereocenters. The van der Waals surface area contributed by atoms with Crippen LogP contribution < -0.4 is 10.1 Å². The molecule has 4 rings (SSSR count). The average molecular weight is 374 g/mol. The van der Waals surface area contributed by atoms with Gasteiger partial charge in [-0.1, -0.05) is 11.2 Å². The van der Waals surface area contributed by atoms with Gasteiger partial charge in [0, 0.05) is 30.0 Å². The minimum Gasteiger partial charge on any atom is -0.497 e. The maximum absolute atomic E-state index is 12.3. The Kier molecular flexibility index (Phi) is 4.97. The Labute approximate surface area is 161 Å². The second-order valence-corrected chi connectivity index (χ2v) is 6.16. The van der Waals surface area contributed by atoms with Crippen molar-refractivity contribution in [3.8, 4) is 17.1 Å². The van der Waals surface area contributed by atoms with E-state index in [-0.39, 0.29) is 12.3 Å². The lowest BCUT2D eigenvalue weighted by atomic mass is 10.1. The number of ether oxygens (including phenoxy) is 1. The molecule has 28 heavy (non-hydrogen) atoms. The van der Waals surface area contributed by atoms with E-state index in [1.807, 2.05) is 54.6 Å². The highest BCUT2D eigenvalue weighted by Crippen LogP contribution is 2.22. The normalized spacial score (nSPS) is 10.8. The first-order valence-corrected chi connectivity index (χ1v) is 8.83. The maximum Gasteiger partial charge on any atom is 0.227 e. The molecule has 0 saturated heterocycles. The summed E-state index contributed by atoms with van der Waals surface area (Å²) in [6.45, 7) is 0. The molecule has 0 aliphatic carbocycles. The van der Waals surface area contributed by atoms with Crippen molar-refractivity contribution in [2.45, 2.75) is 12.8 Å². The van der Waals surface area contributed by atoms with Gasteiger partial charge in [-0.25, -0.2) is 0 Å². The Bertz CT molecular complexity index is 1100. The van der Waals surface area contributed by atoms with Crippen molar-refractivity contribution in [3.63, 3.8) is 0 Å². The van der Waals surface area contributed by atoms with Gasteiger partial charge < -0.3 is 14.6 Å². The van der Waals surface area contributed by atoms with Crippen molar-refractivity contribution in [1.82, 2.24) is 15.1 Å². The number of carbonyl (C=O) groups is 1. The summed E-state index contributed by atoms with van der Waals surface area (Å²) in [5.41, 5.74) is 2.39. The summed E-state index contributed by atoms with van der Waals surface area (Å²) in [4.78, 5) is 21.0. The van der Waals surface area contributed by atoms with E-state index in [2.05, 4.69) is 20.4 Å². The number of nitrogens with one attached hydrogen (secondary N) is 1. The van der Waals surface area contributed by atoms with Crippen molar-refractivity contribution in [1.29, 1.82) is 0 Å². The molecular weight excluding hydrogens is 356 g/mol.